The van der Waals surface area contributed by atoms with Crippen molar-refractivity contribution in [2.45, 2.75) is 65.4 Å². The van der Waals surface area contributed by atoms with E-state index in [1.165, 1.54) is 30.5 Å². The zero-order valence-corrected chi connectivity index (χ0v) is 16.3. The highest BCUT2D eigenvalue weighted by Crippen LogP contribution is 2.67. The van der Waals surface area contributed by atoms with Gasteiger partial charge in [0.05, 0.1) is 24.3 Å². The van der Waals surface area contributed by atoms with Crippen LogP contribution in [-0.2, 0) is 0 Å². The molecule has 4 aliphatic carbocycles. The van der Waals surface area contributed by atoms with E-state index in [4.69, 9.17) is 0 Å². The first-order valence-corrected chi connectivity index (χ1v) is 10.5. The van der Waals surface area contributed by atoms with Gasteiger partial charge in [-0.2, -0.15) is 0 Å². The summed E-state index contributed by atoms with van der Waals surface area (Å²) in [6.45, 7) is 7.45. The Kier molecular flexibility index (Phi) is 3.60. The fourth-order valence-electron chi connectivity index (χ4n) is 7.39. The Bertz CT molecular complexity index is 763. The average Bonchev–Trinajstić information content (AvgIpc) is 3.23. The Hall–Kier alpha value is -1.35. The third-order valence-electron chi connectivity index (χ3n) is 8.78. The van der Waals surface area contributed by atoms with Crippen LogP contribution in [0.15, 0.2) is 30.2 Å². The number of allylic oxidation sites excluding steroid dienone is 3. The molecule has 0 aromatic carbocycles. The Balaban J connectivity index is 1.52. The molecule has 1 aromatic heterocycles. The summed E-state index contributed by atoms with van der Waals surface area (Å²) in [6, 6.07) is 0. The molecule has 2 saturated carbocycles. The molecule has 0 aliphatic heterocycles. The first-order chi connectivity index (χ1) is 12.4. The van der Waals surface area contributed by atoms with Crippen LogP contribution in [-0.4, -0.2) is 21.2 Å². The van der Waals surface area contributed by atoms with Gasteiger partial charge in [-0.3, -0.25) is 0 Å². The normalized spacial score (nSPS) is 47.5. The summed E-state index contributed by atoms with van der Waals surface area (Å²) in [6.07, 6.45) is 15.6. The molecule has 4 aliphatic rings. The van der Waals surface area contributed by atoms with Crippen LogP contribution < -0.4 is 0 Å². The molecule has 0 radical (unpaired) electrons. The van der Waals surface area contributed by atoms with Gasteiger partial charge in [-0.1, -0.05) is 38.5 Å². The van der Waals surface area contributed by atoms with E-state index in [2.05, 4.69) is 42.9 Å². The lowest BCUT2D eigenvalue weighted by Crippen LogP contribution is -2.52. The summed E-state index contributed by atoms with van der Waals surface area (Å²) in [5.41, 5.74) is 4.88. The molecular formula is C23H32N2O. The van der Waals surface area contributed by atoms with Crippen LogP contribution in [0, 0.1) is 34.5 Å². The minimum Gasteiger partial charge on any atom is -0.393 e. The standard InChI is InChI=1S/C23H32N2O/c1-14-10-15-11-16(26)6-8-22(15,2)19-7-9-23(3)17(20-12-24-13-25-20)4-5-18(23)21(14)19/h4,10,12-14,16,18-19,21,26H,5-9,11H2,1-3H3,(H,24,25)/t14-,16-,18+,19+,21+,22+,23-/m1/s1. The van der Waals surface area contributed by atoms with Gasteiger partial charge in [0, 0.05) is 0 Å². The van der Waals surface area contributed by atoms with Crippen molar-refractivity contribution in [3.8, 4) is 0 Å². The molecule has 2 N–H and O–H groups in total. The molecule has 0 amide bonds. The minimum atomic E-state index is -0.118. The predicted octanol–water partition coefficient (Wildman–Crippen LogP) is 4.97. The van der Waals surface area contributed by atoms with Crippen LogP contribution in [0.1, 0.15) is 65.0 Å². The van der Waals surface area contributed by atoms with E-state index in [-0.39, 0.29) is 11.5 Å². The van der Waals surface area contributed by atoms with Gasteiger partial charge in [0.1, 0.15) is 0 Å². The molecule has 5 rings (SSSR count). The number of hydrogen-bond donors (Lipinski definition) is 2. The number of aliphatic hydroxyl groups is 1. The minimum absolute atomic E-state index is 0.118. The number of nitrogens with zero attached hydrogens (tertiary/aromatic N) is 1. The number of hydrogen-bond acceptors (Lipinski definition) is 2. The summed E-state index contributed by atoms with van der Waals surface area (Å²) in [4.78, 5) is 7.63. The second kappa shape index (κ2) is 5.58. The number of fused-ring (bicyclic) bond motifs is 5. The topological polar surface area (TPSA) is 48.9 Å². The Morgan fingerprint density at radius 2 is 1.96 bits per heavy atom. The fourth-order valence-corrected chi connectivity index (χ4v) is 7.39. The molecule has 1 aromatic rings. The summed E-state index contributed by atoms with van der Waals surface area (Å²) >= 11 is 0. The molecule has 3 nitrogen and oxygen atoms in total. The maximum absolute atomic E-state index is 10.2. The average molecular weight is 353 g/mol. The maximum atomic E-state index is 10.2. The fraction of sp³-hybridized carbons (Fsp3) is 0.696. The SMILES string of the molecule is C[C@@H]1C=C2C[C@H](O)CC[C@]2(C)[C@H]2CC[C@]3(C)C(c4cnc[nH]4)=CC[C@H]3[C@H]12. The first-order valence-electron chi connectivity index (χ1n) is 10.5. The first kappa shape index (κ1) is 16.8. The van der Waals surface area contributed by atoms with Crippen molar-refractivity contribution in [2.75, 3.05) is 0 Å². The third-order valence-corrected chi connectivity index (χ3v) is 8.78. The van der Waals surface area contributed by atoms with Gasteiger partial charge in [0.2, 0.25) is 0 Å². The van der Waals surface area contributed by atoms with E-state index in [0.717, 1.165) is 37.0 Å². The Labute approximate surface area is 157 Å². The number of H-pyrrole nitrogens is 1. The lowest BCUT2D eigenvalue weighted by atomic mass is 9.45. The van der Waals surface area contributed by atoms with Crippen molar-refractivity contribution in [3.63, 3.8) is 0 Å². The molecule has 2 fully saturated rings. The molecule has 0 bridgehead atoms. The quantitative estimate of drug-likeness (QED) is 0.701. The van der Waals surface area contributed by atoms with Crippen molar-refractivity contribution in [1.29, 1.82) is 0 Å². The van der Waals surface area contributed by atoms with Crippen molar-refractivity contribution >= 4 is 5.57 Å². The van der Waals surface area contributed by atoms with Crippen molar-refractivity contribution in [2.24, 2.45) is 34.5 Å². The predicted molar refractivity (Wildman–Crippen MR) is 104 cm³/mol. The number of nitrogens with one attached hydrogen (secondary N) is 1. The van der Waals surface area contributed by atoms with E-state index in [1.54, 1.807) is 5.57 Å². The number of aromatic amines is 1. The Morgan fingerprint density at radius 1 is 1.15 bits per heavy atom. The summed E-state index contributed by atoms with van der Waals surface area (Å²) < 4.78 is 0. The second-order valence-corrected chi connectivity index (χ2v) is 9.93. The molecular weight excluding hydrogens is 320 g/mol. The molecule has 0 unspecified atom stereocenters. The van der Waals surface area contributed by atoms with Crippen LogP contribution in [0.5, 0.6) is 0 Å². The summed E-state index contributed by atoms with van der Waals surface area (Å²) in [5.74, 6) is 2.88. The monoisotopic (exact) mass is 352 g/mol. The lowest BCUT2D eigenvalue weighted by Gasteiger charge is -2.59. The highest BCUT2D eigenvalue weighted by Gasteiger charge is 2.58. The van der Waals surface area contributed by atoms with Crippen molar-refractivity contribution in [3.05, 3.63) is 35.9 Å². The summed E-state index contributed by atoms with van der Waals surface area (Å²) in [7, 11) is 0. The van der Waals surface area contributed by atoms with E-state index < -0.39 is 0 Å². The van der Waals surface area contributed by atoms with Gasteiger partial charge < -0.3 is 10.1 Å². The van der Waals surface area contributed by atoms with Gasteiger partial charge in [-0.15, -0.1) is 0 Å². The smallest absolute Gasteiger partial charge is 0.0924 e. The van der Waals surface area contributed by atoms with Crippen LogP contribution in [0.4, 0.5) is 0 Å². The highest BCUT2D eigenvalue weighted by atomic mass is 16.3. The van der Waals surface area contributed by atoms with E-state index in [0.29, 0.717) is 11.3 Å². The highest BCUT2D eigenvalue weighted by molar-refractivity contribution is 5.70. The molecule has 7 atom stereocenters. The van der Waals surface area contributed by atoms with E-state index in [1.807, 2.05) is 12.5 Å². The molecule has 26 heavy (non-hydrogen) atoms. The maximum Gasteiger partial charge on any atom is 0.0924 e. The molecule has 3 heteroatoms. The number of aromatic nitrogens is 2. The number of rotatable bonds is 1. The van der Waals surface area contributed by atoms with Crippen molar-refractivity contribution in [1.82, 2.24) is 9.97 Å². The molecule has 140 valence electrons. The van der Waals surface area contributed by atoms with Crippen LogP contribution in [0.3, 0.4) is 0 Å². The Morgan fingerprint density at radius 3 is 2.73 bits per heavy atom. The van der Waals surface area contributed by atoms with Gasteiger partial charge in [0.25, 0.3) is 0 Å². The third kappa shape index (κ3) is 2.13. The molecule has 1 heterocycles. The van der Waals surface area contributed by atoms with Gasteiger partial charge >= 0.3 is 0 Å². The number of aliphatic hydroxyl groups excluding tert-OH is 1. The largest absolute Gasteiger partial charge is 0.393 e. The summed E-state index contributed by atoms with van der Waals surface area (Å²) in [5, 5.41) is 10.2. The number of imidazole rings is 1. The van der Waals surface area contributed by atoms with Gasteiger partial charge in [0.15, 0.2) is 0 Å². The lowest BCUT2D eigenvalue weighted by molar-refractivity contribution is -0.0426. The molecule has 0 spiro atoms. The van der Waals surface area contributed by atoms with Gasteiger partial charge in [-0.05, 0) is 78.6 Å². The van der Waals surface area contributed by atoms with Gasteiger partial charge in [-0.25, -0.2) is 4.98 Å². The van der Waals surface area contributed by atoms with Crippen LogP contribution >= 0.6 is 0 Å². The zero-order valence-electron chi connectivity index (χ0n) is 16.3. The van der Waals surface area contributed by atoms with Crippen LogP contribution in [0.2, 0.25) is 0 Å². The van der Waals surface area contributed by atoms with Crippen LogP contribution in [0.25, 0.3) is 5.57 Å². The molecule has 0 saturated heterocycles. The van der Waals surface area contributed by atoms with E-state index >= 15 is 0 Å². The van der Waals surface area contributed by atoms with Crippen molar-refractivity contribution < 1.29 is 5.11 Å². The van der Waals surface area contributed by atoms with E-state index in [9.17, 15) is 5.11 Å². The zero-order chi connectivity index (χ0) is 18.1. The second-order valence-electron chi connectivity index (χ2n) is 9.93.